The lowest BCUT2D eigenvalue weighted by Crippen LogP contribution is -2.18. The summed E-state index contributed by atoms with van der Waals surface area (Å²) in [6.45, 7) is 5.59. The smallest absolute Gasteiger partial charge is 0.372 e. The van der Waals surface area contributed by atoms with Crippen LogP contribution < -0.4 is 14.3 Å². The number of nitrogens with one attached hydrogen (secondary N) is 1. The molecule has 1 N–H and O–H groups in total. The van der Waals surface area contributed by atoms with Crippen LogP contribution in [0.25, 0.3) is 5.31 Å². The highest BCUT2D eigenvalue weighted by atomic mass is 31.2. The molecule has 2 aromatic carbocycles. The summed E-state index contributed by atoms with van der Waals surface area (Å²) in [6.07, 6.45) is 7.37. The zero-order valence-corrected chi connectivity index (χ0v) is 16.3. The maximum absolute atomic E-state index is 13.8. The van der Waals surface area contributed by atoms with E-state index in [4.69, 9.17) is 9.26 Å². The summed E-state index contributed by atoms with van der Waals surface area (Å²) in [5.74, 6) is 1.28. The van der Waals surface area contributed by atoms with Gasteiger partial charge < -0.3 is 14.3 Å². The minimum absolute atomic E-state index is 0.547. The lowest BCUT2D eigenvalue weighted by Gasteiger charge is -2.28. The zero-order chi connectivity index (χ0) is 19.3. The van der Waals surface area contributed by atoms with Crippen molar-refractivity contribution in [3.8, 4) is 11.5 Å². The largest absolute Gasteiger partial charge is 0.497 e. The van der Waals surface area contributed by atoms with Crippen LogP contribution in [0.2, 0.25) is 0 Å². The van der Waals surface area contributed by atoms with Crippen molar-refractivity contribution in [2.45, 2.75) is 6.92 Å². The molecule has 1 atom stereocenters. The number of allylic oxidation sites excluding steroid dienone is 6. The minimum Gasteiger partial charge on any atom is -0.497 e. The quantitative estimate of drug-likeness (QED) is 0.499. The first-order valence-corrected chi connectivity index (χ1v) is 10.2. The third kappa shape index (κ3) is 4.24. The monoisotopic (exact) mass is 379 g/mol. The van der Waals surface area contributed by atoms with Crippen molar-refractivity contribution in [2.24, 2.45) is 0 Å². The second-order valence-corrected chi connectivity index (χ2v) is 7.99. The highest BCUT2D eigenvalue weighted by Crippen LogP contribution is 2.59. The summed E-state index contributed by atoms with van der Waals surface area (Å²) >= 11 is 0. The summed E-state index contributed by atoms with van der Waals surface area (Å²) in [5.41, 5.74) is 2.51. The van der Waals surface area contributed by atoms with E-state index < -0.39 is 7.52 Å². The molecular formula is C22H22NO3P. The topological polar surface area (TPSA) is 47.6 Å². The van der Waals surface area contributed by atoms with Crippen LogP contribution in [0.15, 0.2) is 96.8 Å². The van der Waals surface area contributed by atoms with Crippen LogP contribution in [0.5, 0.6) is 11.5 Å². The van der Waals surface area contributed by atoms with Crippen molar-refractivity contribution in [2.75, 3.05) is 7.11 Å². The molecule has 0 radical (unpaired) electrons. The predicted octanol–water partition coefficient (Wildman–Crippen LogP) is 5.93. The number of para-hydroxylation sites is 1. The fourth-order valence-electron chi connectivity index (χ4n) is 2.75. The van der Waals surface area contributed by atoms with E-state index in [1.54, 1.807) is 25.3 Å². The van der Waals surface area contributed by atoms with E-state index in [-0.39, 0.29) is 0 Å². The van der Waals surface area contributed by atoms with Gasteiger partial charge in [-0.3, -0.25) is 0 Å². The molecule has 4 nitrogen and oxygen atoms in total. The molecule has 1 aliphatic heterocycles. The molecule has 0 amide bonds. The first-order chi connectivity index (χ1) is 13.1. The Hall–Kier alpha value is -2.97. The summed E-state index contributed by atoms with van der Waals surface area (Å²) in [5, 5.41) is 3.71. The Morgan fingerprint density at radius 3 is 2.37 bits per heavy atom. The lowest BCUT2D eigenvalue weighted by atomic mass is 10.1. The van der Waals surface area contributed by atoms with Gasteiger partial charge in [-0.2, -0.15) is 0 Å². The maximum Gasteiger partial charge on any atom is 0.372 e. The molecule has 0 fully saturated rings. The van der Waals surface area contributed by atoms with E-state index >= 15 is 0 Å². The van der Waals surface area contributed by atoms with E-state index in [1.807, 2.05) is 67.6 Å². The van der Waals surface area contributed by atoms with Gasteiger partial charge in [0.25, 0.3) is 0 Å². The van der Waals surface area contributed by atoms with Crippen LogP contribution in [0.1, 0.15) is 12.5 Å². The molecular weight excluding hydrogens is 357 g/mol. The molecule has 3 rings (SSSR count). The zero-order valence-electron chi connectivity index (χ0n) is 15.4. The standard InChI is InChI=1S/C22H22NO3P/c1-4-5-9-19-16-22(18-12-14-20(25-3)15-13-18)27(24,23-17(19)2)26-21-10-7-6-8-11-21/h4-16H,1H2,2-3H3,(H,23,24)/b9-5-. The molecule has 0 aliphatic carbocycles. The van der Waals surface area contributed by atoms with E-state index in [9.17, 15) is 4.57 Å². The van der Waals surface area contributed by atoms with Gasteiger partial charge in [-0.1, -0.05) is 55.1 Å². The summed E-state index contributed by atoms with van der Waals surface area (Å²) < 4.78 is 25.0. The Balaban J connectivity index is 2.07. The first-order valence-electron chi connectivity index (χ1n) is 8.55. The Labute approximate surface area is 160 Å². The van der Waals surface area contributed by atoms with Crippen molar-refractivity contribution in [3.63, 3.8) is 0 Å². The van der Waals surface area contributed by atoms with E-state index in [0.29, 0.717) is 11.1 Å². The average molecular weight is 379 g/mol. The van der Waals surface area contributed by atoms with Gasteiger partial charge in [0.15, 0.2) is 0 Å². The normalized spacial score (nSPS) is 19.4. The third-order valence-electron chi connectivity index (χ3n) is 4.13. The van der Waals surface area contributed by atoms with Crippen LogP contribution >= 0.6 is 7.52 Å². The van der Waals surface area contributed by atoms with E-state index in [2.05, 4.69) is 11.7 Å². The summed E-state index contributed by atoms with van der Waals surface area (Å²) in [6, 6.07) is 16.6. The highest BCUT2D eigenvalue weighted by Gasteiger charge is 2.35. The molecule has 138 valence electrons. The second-order valence-electron chi connectivity index (χ2n) is 6.00. The average Bonchev–Trinajstić information content (AvgIpc) is 2.68. The van der Waals surface area contributed by atoms with Gasteiger partial charge >= 0.3 is 7.52 Å². The lowest BCUT2D eigenvalue weighted by molar-refractivity contribution is 0.415. The van der Waals surface area contributed by atoms with Gasteiger partial charge in [-0.25, -0.2) is 4.57 Å². The molecule has 0 saturated heterocycles. The Morgan fingerprint density at radius 1 is 1.04 bits per heavy atom. The van der Waals surface area contributed by atoms with Crippen LogP contribution in [-0.4, -0.2) is 7.11 Å². The molecule has 0 bridgehead atoms. The molecule has 0 saturated carbocycles. The predicted molar refractivity (Wildman–Crippen MR) is 111 cm³/mol. The van der Waals surface area contributed by atoms with Gasteiger partial charge in [-0.15, -0.1) is 0 Å². The van der Waals surface area contributed by atoms with Crippen molar-refractivity contribution in [1.29, 1.82) is 0 Å². The number of rotatable bonds is 6. The van der Waals surface area contributed by atoms with Crippen LogP contribution in [0.3, 0.4) is 0 Å². The van der Waals surface area contributed by atoms with Crippen LogP contribution in [-0.2, 0) is 4.57 Å². The fourth-order valence-corrected chi connectivity index (χ4v) is 4.80. The minimum atomic E-state index is -3.36. The number of hydrogen-bond acceptors (Lipinski definition) is 3. The molecule has 1 heterocycles. The maximum atomic E-state index is 13.8. The molecule has 1 unspecified atom stereocenters. The van der Waals surface area contributed by atoms with Gasteiger partial charge in [0.1, 0.15) is 11.5 Å². The van der Waals surface area contributed by atoms with Gasteiger partial charge in [0.05, 0.1) is 12.4 Å². The third-order valence-corrected chi connectivity index (χ3v) is 6.25. The number of hydrogen-bond donors (Lipinski definition) is 1. The fraction of sp³-hybridized carbons (Fsp3) is 0.0909. The second kappa shape index (κ2) is 8.15. The molecule has 5 heteroatoms. The van der Waals surface area contributed by atoms with Crippen LogP contribution in [0.4, 0.5) is 0 Å². The molecule has 1 aliphatic rings. The van der Waals surface area contributed by atoms with Crippen molar-refractivity contribution in [3.05, 3.63) is 102 Å². The SMILES string of the molecule is C=C/C=C\C1=C(C)NP(=O)(Oc2ccccc2)C(c2ccc(OC)cc2)=C1. The molecule has 27 heavy (non-hydrogen) atoms. The van der Waals surface area contributed by atoms with Crippen molar-refractivity contribution >= 4 is 12.8 Å². The highest BCUT2D eigenvalue weighted by molar-refractivity contribution is 7.68. The molecule has 0 spiro atoms. The number of methoxy groups -OCH3 is 1. The Morgan fingerprint density at radius 2 is 1.74 bits per heavy atom. The Bertz CT molecular complexity index is 957. The molecule has 0 aromatic heterocycles. The van der Waals surface area contributed by atoms with Crippen molar-refractivity contribution in [1.82, 2.24) is 5.09 Å². The summed E-state index contributed by atoms with van der Waals surface area (Å²) in [4.78, 5) is 0. The Kier molecular flexibility index (Phi) is 5.68. The van der Waals surface area contributed by atoms with Gasteiger partial charge in [0.2, 0.25) is 0 Å². The first kappa shape index (κ1) is 18.8. The van der Waals surface area contributed by atoms with Gasteiger partial charge in [0, 0.05) is 5.70 Å². The summed E-state index contributed by atoms with van der Waals surface area (Å²) in [7, 11) is -1.75. The van der Waals surface area contributed by atoms with Gasteiger partial charge in [-0.05, 0) is 48.4 Å². The number of ether oxygens (including phenoxy) is 1. The van der Waals surface area contributed by atoms with Crippen molar-refractivity contribution < 1.29 is 13.8 Å². The molecule has 2 aromatic rings. The van der Waals surface area contributed by atoms with E-state index in [1.165, 1.54) is 0 Å². The van der Waals surface area contributed by atoms with E-state index in [0.717, 1.165) is 22.6 Å². The van der Waals surface area contributed by atoms with Crippen LogP contribution in [0, 0.1) is 0 Å². The number of benzene rings is 2.